The number of carbonyl (C=O) groups excluding carboxylic acids is 2. The molecule has 0 fully saturated rings. The summed E-state index contributed by atoms with van der Waals surface area (Å²) in [4.78, 5) is 22.1. The first-order valence-electron chi connectivity index (χ1n) is 14.8. The van der Waals surface area contributed by atoms with Crippen molar-refractivity contribution in [2.75, 3.05) is 11.1 Å². The quantitative estimate of drug-likeness (QED) is 0.0483. The van der Waals surface area contributed by atoms with Gasteiger partial charge in [0.25, 0.3) is 11.1 Å². The average molecular weight is 985 g/mol. The number of carbonyl (C=O) groups is 2. The summed E-state index contributed by atoms with van der Waals surface area (Å²) >= 11 is 4.97. The Bertz CT molecular complexity index is 2830. The molecule has 6 aromatic carbocycles. The van der Waals surface area contributed by atoms with Gasteiger partial charge in [-0.15, -0.1) is 72.9 Å². The van der Waals surface area contributed by atoms with Crippen LogP contribution in [0, 0.1) is 29.3 Å². The van der Waals surface area contributed by atoms with E-state index in [0.29, 0.717) is 22.8 Å². The fraction of sp³-hybridized carbons (Fsp3) is 0. The van der Waals surface area contributed by atoms with Crippen LogP contribution in [0.4, 0.5) is 28.9 Å². The van der Waals surface area contributed by atoms with Crippen molar-refractivity contribution in [2.24, 2.45) is 0 Å². The molecule has 17 nitrogen and oxygen atoms in total. The Morgan fingerprint density at radius 3 is 1.48 bits per heavy atom. The Hall–Kier alpha value is -4.48. The summed E-state index contributed by atoms with van der Waals surface area (Å²) in [6.45, 7) is 0. The molecule has 0 saturated carbocycles. The fourth-order valence-corrected chi connectivity index (χ4v) is 4.73. The van der Waals surface area contributed by atoms with Crippen LogP contribution in [0.5, 0.6) is 0 Å². The Balaban J connectivity index is -0.000000751. The van der Waals surface area contributed by atoms with Gasteiger partial charge < -0.3 is 21.1 Å². The molecule has 0 aliphatic heterocycles. The maximum Gasteiger partial charge on any atom is 1.00 e. The van der Waals surface area contributed by atoms with Crippen molar-refractivity contribution in [1.82, 2.24) is 0 Å². The number of hydrogen-bond acceptors (Lipinski definition) is 15. The number of amides is 1. The molecule has 28 heteroatoms. The molecular formula is C34H23ClF4N2Na2O15S4. The molecule has 0 unspecified atom stereocenters. The minimum absolute atomic E-state index is 0. The number of nitrogen functional groups attached to an aromatic ring is 1. The second kappa shape index (κ2) is 30.5. The van der Waals surface area contributed by atoms with Gasteiger partial charge in [0, 0.05) is 34.6 Å². The molecule has 320 valence electrons. The van der Waals surface area contributed by atoms with Gasteiger partial charge in [0.15, 0.2) is 0 Å². The van der Waals surface area contributed by atoms with Crippen LogP contribution in [0.15, 0.2) is 114 Å². The van der Waals surface area contributed by atoms with E-state index < -0.39 is 76.4 Å². The number of hydrogen-bond donors (Lipinski definition) is 2. The van der Waals surface area contributed by atoms with E-state index in [9.17, 15) is 40.1 Å². The molecule has 0 spiro atoms. The van der Waals surface area contributed by atoms with Gasteiger partial charge >= 0.3 is 90.9 Å². The van der Waals surface area contributed by atoms with Crippen LogP contribution in [0.1, 0.15) is 20.7 Å². The number of nitrogens with two attached hydrogens (primary N) is 1. The Morgan fingerprint density at radius 2 is 1.05 bits per heavy atom. The molecule has 0 saturated heterocycles. The van der Waals surface area contributed by atoms with Gasteiger partial charge in [-0.3, -0.25) is 9.59 Å². The van der Waals surface area contributed by atoms with E-state index in [2.05, 4.69) is 11.4 Å². The molecule has 0 aliphatic carbocycles. The van der Waals surface area contributed by atoms with E-state index in [1.807, 2.05) is 36.4 Å². The van der Waals surface area contributed by atoms with Gasteiger partial charge in [-0.05, 0) is 63.7 Å². The number of benzene rings is 6. The van der Waals surface area contributed by atoms with Crippen molar-refractivity contribution in [3.63, 3.8) is 0 Å². The first-order valence-corrected chi connectivity index (χ1v) is 19.6. The van der Waals surface area contributed by atoms with E-state index in [4.69, 9.17) is 55.2 Å². The standard InChI is InChI=1S/C17H11F2NO.C10H8NO3S.C7H3ClF2O.2Na.3O3S.H2O/c18-14-7-13(8-15(19)10-14)17(21)20-16-6-5-11-3-1-2-4-12(11)9-16;11-9-3-1-7-2-4-10(15(12,13)14)6-8(7)5-9;8-7(11)4-1-5(9)3-6(10)2-4;;;3*1-4(2)3;/h1-10H,(H,20,21);1,3-6H,11H2,(H,12,13,14);1-3H;;;;;;1H2/q;-1;;2*+1;;;;/p-1. The maximum atomic E-state index is 13.1. The maximum absolute atomic E-state index is 13.1. The van der Waals surface area contributed by atoms with Gasteiger partial charge in [-0.25, -0.2) is 26.0 Å². The third-order valence-electron chi connectivity index (χ3n) is 6.25. The molecule has 62 heavy (non-hydrogen) atoms. The van der Waals surface area contributed by atoms with Crippen molar-refractivity contribution in [2.45, 2.75) is 4.90 Å². The second-order valence-electron chi connectivity index (χ2n) is 10.4. The first kappa shape index (κ1) is 61.8. The third kappa shape index (κ3) is 26.1. The van der Waals surface area contributed by atoms with Crippen LogP contribution >= 0.6 is 11.6 Å². The smallest absolute Gasteiger partial charge is 0.752 e. The van der Waals surface area contributed by atoms with Crippen molar-refractivity contribution >= 4 is 97.6 Å². The summed E-state index contributed by atoms with van der Waals surface area (Å²) in [5, 5.41) is 5.09. The SMILES string of the molecule is Nc1ccc2[c-]cc(S(=O)(=O)[O-])cc2c1.O.O=C(Cl)c1cc(F)cc(F)c1.O=C(Nc1ccc2ccccc2c1)c1cc(F)cc(F)c1.O=S(=O)=O.O=S(=O)=O.O=S(=O)=O.[Na+].[Na+]. The minimum atomic E-state index is -4.43. The molecule has 0 radical (unpaired) electrons. The summed E-state index contributed by atoms with van der Waals surface area (Å²) in [5.74, 6) is -3.73. The van der Waals surface area contributed by atoms with E-state index in [1.165, 1.54) is 12.1 Å². The number of anilines is 2. The van der Waals surface area contributed by atoms with Crippen LogP contribution in [0.3, 0.4) is 0 Å². The van der Waals surface area contributed by atoms with Crippen molar-refractivity contribution in [1.29, 1.82) is 0 Å². The number of nitrogens with one attached hydrogen (secondary N) is 1. The van der Waals surface area contributed by atoms with Crippen LogP contribution in [0.25, 0.3) is 21.5 Å². The van der Waals surface area contributed by atoms with Crippen molar-refractivity contribution < 1.29 is 143 Å². The summed E-state index contributed by atoms with van der Waals surface area (Å²) in [6.07, 6.45) is 0. The zero-order chi connectivity index (χ0) is 45.0. The molecular weight excluding hydrogens is 962 g/mol. The van der Waals surface area contributed by atoms with Crippen LogP contribution in [0.2, 0.25) is 0 Å². The number of rotatable bonds is 4. The van der Waals surface area contributed by atoms with Gasteiger partial charge in [0.05, 0.1) is 10.1 Å². The fourth-order valence-electron chi connectivity index (χ4n) is 4.14. The summed E-state index contributed by atoms with van der Waals surface area (Å²) < 4.78 is 159. The average Bonchev–Trinajstić information content (AvgIpc) is 3.10. The van der Waals surface area contributed by atoms with Gasteiger partial charge in [0.2, 0.25) is 0 Å². The van der Waals surface area contributed by atoms with Crippen LogP contribution in [-0.4, -0.2) is 67.5 Å². The Morgan fingerprint density at radius 1 is 0.613 bits per heavy atom. The topological polar surface area (TPSA) is 315 Å². The molecule has 0 atom stereocenters. The van der Waals surface area contributed by atoms with Gasteiger partial charge in [-0.1, -0.05) is 42.5 Å². The zero-order valence-corrected chi connectivity index (χ0v) is 39.2. The molecule has 0 aliphatic rings. The van der Waals surface area contributed by atoms with E-state index in [0.717, 1.165) is 46.5 Å². The Kier molecular flexibility index (Phi) is 30.5. The normalized spacial score (nSPS) is 9.32. The molecule has 6 aromatic rings. The van der Waals surface area contributed by atoms with Crippen molar-refractivity contribution in [3.05, 3.63) is 150 Å². The predicted octanol–water partition coefficient (Wildman–Crippen LogP) is -1.99. The van der Waals surface area contributed by atoms with E-state index in [-0.39, 0.29) is 80.6 Å². The minimum Gasteiger partial charge on any atom is -0.752 e. The molecule has 1 amide bonds. The number of halogens is 5. The monoisotopic (exact) mass is 984 g/mol. The first-order chi connectivity index (χ1) is 27.4. The molecule has 0 bridgehead atoms. The number of fused-ring (bicyclic) bond motifs is 2. The molecule has 0 heterocycles. The summed E-state index contributed by atoms with van der Waals surface area (Å²) in [7, 11) is -13.8. The van der Waals surface area contributed by atoms with Crippen LogP contribution < -0.4 is 70.2 Å². The Labute approximate surface area is 402 Å². The third-order valence-corrected chi connectivity index (χ3v) is 7.28. The summed E-state index contributed by atoms with van der Waals surface area (Å²) in [5.41, 5.74) is 6.39. The second-order valence-corrected chi connectivity index (χ2v) is 13.3. The zero-order valence-electron chi connectivity index (χ0n) is 31.2. The van der Waals surface area contributed by atoms with Crippen molar-refractivity contribution in [3.8, 4) is 0 Å². The molecule has 5 N–H and O–H groups in total. The largest absolute Gasteiger partial charge is 1.00 e. The molecule has 6 rings (SSSR count). The molecule has 0 aromatic heterocycles. The summed E-state index contributed by atoms with van der Waals surface area (Å²) in [6, 6.07) is 28.5. The van der Waals surface area contributed by atoms with E-state index >= 15 is 0 Å². The predicted molar refractivity (Wildman–Crippen MR) is 203 cm³/mol. The van der Waals surface area contributed by atoms with Gasteiger partial charge in [0.1, 0.15) is 23.3 Å². The van der Waals surface area contributed by atoms with Gasteiger partial charge in [-0.2, -0.15) is 0 Å². The van der Waals surface area contributed by atoms with Crippen LogP contribution in [-0.2, 0) is 41.9 Å². The van der Waals surface area contributed by atoms with E-state index in [1.54, 1.807) is 24.3 Å².